The van der Waals surface area contributed by atoms with Gasteiger partial charge >= 0.3 is 0 Å². The fourth-order valence-corrected chi connectivity index (χ4v) is 1.34. The first-order valence-electron chi connectivity index (χ1n) is 4.76. The zero-order chi connectivity index (χ0) is 12.2. The minimum Gasteiger partial charge on any atom is -0.393 e. The van der Waals surface area contributed by atoms with E-state index in [0.717, 1.165) is 0 Å². The van der Waals surface area contributed by atoms with Crippen LogP contribution in [0, 0.1) is 11.3 Å². The summed E-state index contributed by atoms with van der Waals surface area (Å²) >= 11 is 5.84. The van der Waals surface area contributed by atoms with Gasteiger partial charge in [-0.1, -0.05) is 17.7 Å². The van der Waals surface area contributed by atoms with Crippen molar-refractivity contribution >= 4 is 17.3 Å². The van der Waals surface area contributed by atoms with Crippen molar-refractivity contribution in [2.24, 2.45) is 0 Å². The van der Waals surface area contributed by atoms with Gasteiger partial charge < -0.3 is 15.5 Å². The Kier molecular flexibility index (Phi) is 4.13. The Labute approximate surface area is 99.1 Å². The van der Waals surface area contributed by atoms with Gasteiger partial charge in [0.1, 0.15) is 11.7 Å². The van der Waals surface area contributed by atoms with Crippen LogP contribution in [0.5, 0.6) is 0 Å². The van der Waals surface area contributed by atoms with Crippen LogP contribution in [0.1, 0.15) is 12.5 Å². The third kappa shape index (κ3) is 3.11. The molecule has 0 amide bonds. The monoisotopic (exact) mass is 240 g/mol. The Hall–Kier alpha value is -1.28. The number of aliphatic hydroxyl groups is 2. The highest BCUT2D eigenvalue weighted by Gasteiger charge is 2.19. The van der Waals surface area contributed by atoms with Gasteiger partial charge in [0.25, 0.3) is 0 Å². The SMILES string of the molecule is CC(O)(CO)CNc1cccc(Cl)c1C#N. The van der Waals surface area contributed by atoms with Crippen molar-refractivity contribution in [2.45, 2.75) is 12.5 Å². The molecule has 0 saturated carbocycles. The third-order valence-electron chi connectivity index (χ3n) is 2.13. The van der Waals surface area contributed by atoms with Crippen LogP contribution in [0.15, 0.2) is 18.2 Å². The number of nitriles is 1. The molecular formula is C11H13ClN2O2. The number of anilines is 1. The average Bonchev–Trinajstić information content (AvgIpc) is 2.26. The van der Waals surface area contributed by atoms with Crippen LogP contribution in [0.25, 0.3) is 0 Å². The lowest BCUT2D eigenvalue weighted by molar-refractivity contribution is 0.0132. The van der Waals surface area contributed by atoms with Gasteiger partial charge in [0.05, 0.1) is 22.9 Å². The van der Waals surface area contributed by atoms with E-state index in [9.17, 15) is 5.11 Å². The second kappa shape index (κ2) is 5.17. The Bertz CT molecular complexity index is 413. The summed E-state index contributed by atoms with van der Waals surface area (Å²) in [5, 5.41) is 30.6. The fraction of sp³-hybridized carbons (Fsp3) is 0.364. The van der Waals surface area contributed by atoms with E-state index in [1.54, 1.807) is 18.2 Å². The van der Waals surface area contributed by atoms with Crippen molar-refractivity contribution in [3.63, 3.8) is 0 Å². The van der Waals surface area contributed by atoms with Crippen LogP contribution in [0.4, 0.5) is 5.69 Å². The zero-order valence-electron chi connectivity index (χ0n) is 8.87. The van der Waals surface area contributed by atoms with Crippen LogP contribution in [-0.4, -0.2) is 29.0 Å². The standard InChI is InChI=1S/C11H13ClN2O2/c1-11(16,7-15)6-14-10-4-2-3-9(12)8(10)5-13/h2-4,14-16H,6-7H2,1H3. The zero-order valence-corrected chi connectivity index (χ0v) is 9.62. The van der Waals surface area contributed by atoms with Gasteiger partial charge in [-0.15, -0.1) is 0 Å². The van der Waals surface area contributed by atoms with Gasteiger partial charge in [-0.05, 0) is 19.1 Å². The topological polar surface area (TPSA) is 76.3 Å². The first-order chi connectivity index (χ1) is 7.50. The molecule has 0 heterocycles. The minimum absolute atomic E-state index is 0.137. The van der Waals surface area contributed by atoms with E-state index in [1.165, 1.54) is 6.92 Å². The van der Waals surface area contributed by atoms with Gasteiger partial charge in [0.15, 0.2) is 0 Å². The Morgan fingerprint density at radius 1 is 1.56 bits per heavy atom. The molecule has 0 aliphatic heterocycles. The Morgan fingerprint density at radius 2 is 2.25 bits per heavy atom. The maximum absolute atomic E-state index is 9.59. The molecule has 0 radical (unpaired) electrons. The highest BCUT2D eigenvalue weighted by molar-refractivity contribution is 6.32. The van der Waals surface area contributed by atoms with E-state index in [0.29, 0.717) is 16.3 Å². The van der Waals surface area contributed by atoms with Crippen molar-refractivity contribution in [1.29, 1.82) is 5.26 Å². The van der Waals surface area contributed by atoms with Crippen LogP contribution in [-0.2, 0) is 0 Å². The number of rotatable bonds is 4. The summed E-state index contributed by atoms with van der Waals surface area (Å²) in [6.45, 7) is 1.28. The minimum atomic E-state index is -1.23. The molecule has 0 spiro atoms. The molecule has 3 N–H and O–H groups in total. The van der Waals surface area contributed by atoms with Gasteiger partial charge in [0, 0.05) is 6.54 Å². The largest absolute Gasteiger partial charge is 0.393 e. The molecule has 16 heavy (non-hydrogen) atoms. The van der Waals surface area contributed by atoms with Crippen molar-refractivity contribution < 1.29 is 10.2 Å². The lowest BCUT2D eigenvalue weighted by atomic mass is 10.1. The fourth-order valence-electron chi connectivity index (χ4n) is 1.13. The van der Waals surface area contributed by atoms with Crippen molar-refractivity contribution in [3.05, 3.63) is 28.8 Å². The Balaban J connectivity index is 2.83. The third-order valence-corrected chi connectivity index (χ3v) is 2.44. The first-order valence-corrected chi connectivity index (χ1v) is 5.14. The summed E-state index contributed by atoms with van der Waals surface area (Å²) in [6.07, 6.45) is 0. The lowest BCUT2D eigenvalue weighted by Crippen LogP contribution is -2.37. The normalized spacial score (nSPS) is 13.9. The predicted molar refractivity (Wildman–Crippen MR) is 62.4 cm³/mol. The Morgan fingerprint density at radius 3 is 2.81 bits per heavy atom. The average molecular weight is 241 g/mol. The molecule has 4 nitrogen and oxygen atoms in total. The molecule has 86 valence electrons. The van der Waals surface area contributed by atoms with E-state index in [-0.39, 0.29) is 13.2 Å². The number of nitrogens with zero attached hydrogens (tertiary/aromatic N) is 1. The van der Waals surface area contributed by atoms with Crippen LogP contribution < -0.4 is 5.32 Å². The van der Waals surface area contributed by atoms with Gasteiger partial charge in [-0.3, -0.25) is 0 Å². The second-order valence-corrected chi connectivity index (χ2v) is 4.19. The summed E-state index contributed by atoms with van der Waals surface area (Å²) in [5.74, 6) is 0. The molecule has 1 unspecified atom stereocenters. The summed E-state index contributed by atoms with van der Waals surface area (Å²) < 4.78 is 0. The lowest BCUT2D eigenvalue weighted by Gasteiger charge is -2.21. The highest BCUT2D eigenvalue weighted by atomic mass is 35.5. The molecule has 1 atom stereocenters. The molecule has 0 bridgehead atoms. The summed E-state index contributed by atoms with van der Waals surface area (Å²) in [5.41, 5.74) is -0.351. The summed E-state index contributed by atoms with van der Waals surface area (Å²) in [4.78, 5) is 0. The molecule has 1 aromatic carbocycles. The van der Waals surface area contributed by atoms with E-state index in [2.05, 4.69) is 5.32 Å². The first kappa shape index (κ1) is 12.8. The number of aliphatic hydroxyl groups excluding tert-OH is 1. The van der Waals surface area contributed by atoms with Crippen LogP contribution >= 0.6 is 11.6 Å². The summed E-state index contributed by atoms with van der Waals surface area (Å²) in [7, 11) is 0. The predicted octanol–water partition coefficient (Wildman–Crippen LogP) is 1.37. The molecule has 0 aliphatic carbocycles. The van der Waals surface area contributed by atoms with Crippen molar-refractivity contribution in [1.82, 2.24) is 0 Å². The van der Waals surface area contributed by atoms with E-state index < -0.39 is 5.60 Å². The highest BCUT2D eigenvalue weighted by Crippen LogP contribution is 2.23. The van der Waals surface area contributed by atoms with Crippen LogP contribution in [0.2, 0.25) is 5.02 Å². The number of hydrogen-bond acceptors (Lipinski definition) is 4. The molecular weight excluding hydrogens is 228 g/mol. The summed E-state index contributed by atoms with van der Waals surface area (Å²) in [6, 6.07) is 7.00. The van der Waals surface area contributed by atoms with E-state index in [1.807, 2.05) is 6.07 Å². The smallest absolute Gasteiger partial charge is 0.103 e. The van der Waals surface area contributed by atoms with E-state index >= 15 is 0 Å². The van der Waals surface area contributed by atoms with Crippen molar-refractivity contribution in [3.8, 4) is 6.07 Å². The molecule has 0 saturated heterocycles. The van der Waals surface area contributed by atoms with Gasteiger partial charge in [-0.2, -0.15) is 5.26 Å². The molecule has 1 aromatic rings. The molecule has 1 rings (SSSR count). The van der Waals surface area contributed by atoms with Crippen molar-refractivity contribution in [2.75, 3.05) is 18.5 Å². The second-order valence-electron chi connectivity index (χ2n) is 3.78. The van der Waals surface area contributed by atoms with Gasteiger partial charge in [-0.25, -0.2) is 0 Å². The maximum atomic E-state index is 9.59. The maximum Gasteiger partial charge on any atom is 0.103 e. The number of hydrogen-bond donors (Lipinski definition) is 3. The number of halogens is 1. The van der Waals surface area contributed by atoms with E-state index in [4.69, 9.17) is 22.0 Å². The quantitative estimate of drug-likeness (QED) is 0.743. The molecule has 5 heteroatoms. The number of nitrogens with one attached hydrogen (secondary N) is 1. The molecule has 0 fully saturated rings. The molecule has 0 aliphatic rings. The van der Waals surface area contributed by atoms with Gasteiger partial charge in [0.2, 0.25) is 0 Å². The number of benzene rings is 1. The molecule has 0 aromatic heterocycles. The van der Waals surface area contributed by atoms with Crippen LogP contribution in [0.3, 0.4) is 0 Å².